The molecule has 0 atom stereocenters. The summed E-state index contributed by atoms with van der Waals surface area (Å²) in [5.41, 5.74) is 6.27. The van der Waals surface area contributed by atoms with Gasteiger partial charge < -0.3 is 15.4 Å². The third-order valence-electron chi connectivity index (χ3n) is 4.03. The van der Waals surface area contributed by atoms with Crippen molar-refractivity contribution in [3.05, 3.63) is 35.5 Å². The van der Waals surface area contributed by atoms with Crippen molar-refractivity contribution < 1.29 is 9.53 Å². The number of piperidine rings is 1. The van der Waals surface area contributed by atoms with Crippen molar-refractivity contribution in [1.82, 2.24) is 14.9 Å². The number of nitrogens with two attached hydrogens (primary N) is 1. The summed E-state index contributed by atoms with van der Waals surface area (Å²) < 4.78 is 5.78. The Labute approximate surface area is 170 Å². The molecule has 2 aromatic rings. The first-order chi connectivity index (χ1) is 11.8. The van der Waals surface area contributed by atoms with Gasteiger partial charge in [0.2, 0.25) is 0 Å². The third kappa shape index (κ3) is 5.89. The number of nitrogens with zero attached hydrogens (tertiary/aromatic N) is 3. The molecule has 1 amide bonds. The zero-order chi connectivity index (χ0) is 16.8. The van der Waals surface area contributed by atoms with E-state index in [0.717, 1.165) is 43.1 Å². The summed E-state index contributed by atoms with van der Waals surface area (Å²) >= 11 is 1.40. The van der Waals surface area contributed by atoms with Crippen LogP contribution in [-0.2, 0) is 4.74 Å². The Morgan fingerprint density at radius 1 is 1.27 bits per heavy atom. The first-order valence-corrected chi connectivity index (χ1v) is 9.08. The summed E-state index contributed by atoms with van der Waals surface area (Å²) in [7, 11) is 0. The van der Waals surface area contributed by atoms with E-state index >= 15 is 0 Å². The Morgan fingerprint density at radius 3 is 2.69 bits per heavy atom. The molecule has 0 saturated carbocycles. The number of thiazole rings is 1. The number of halogens is 2. The molecule has 1 aliphatic heterocycles. The highest BCUT2D eigenvalue weighted by molar-refractivity contribution is 7.16. The lowest BCUT2D eigenvalue weighted by Gasteiger charge is -2.31. The van der Waals surface area contributed by atoms with Gasteiger partial charge in [0.05, 0.1) is 18.0 Å². The van der Waals surface area contributed by atoms with Gasteiger partial charge in [-0.25, -0.2) is 4.98 Å². The number of pyridine rings is 1. The lowest BCUT2D eigenvalue weighted by Crippen LogP contribution is -2.40. The van der Waals surface area contributed by atoms with Crippen molar-refractivity contribution in [3.63, 3.8) is 0 Å². The van der Waals surface area contributed by atoms with Crippen LogP contribution in [0.2, 0.25) is 0 Å². The van der Waals surface area contributed by atoms with E-state index in [9.17, 15) is 4.79 Å². The minimum absolute atomic E-state index is 0. The van der Waals surface area contributed by atoms with Crippen LogP contribution < -0.4 is 5.73 Å². The molecule has 0 aliphatic carbocycles. The van der Waals surface area contributed by atoms with Crippen molar-refractivity contribution in [2.75, 3.05) is 26.2 Å². The van der Waals surface area contributed by atoms with E-state index in [1.165, 1.54) is 11.3 Å². The molecule has 144 valence electrons. The van der Waals surface area contributed by atoms with Crippen molar-refractivity contribution in [2.24, 2.45) is 5.73 Å². The van der Waals surface area contributed by atoms with Gasteiger partial charge in [-0.2, -0.15) is 0 Å². The Bertz CT molecular complexity index is 664. The highest BCUT2D eigenvalue weighted by Crippen LogP contribution is 2.25. The van der Waals surface area contributed by atoms with Gasteiger partial charge in [-0.05, 0) is 37.9 Å². The number of hydrogen-bond donors (Lipinski definition) is 1. The topological polar surface area (TPSA) is 81.3 Å². The molecular weight excluding hydrogens is 395 g/mol. The number of carbonyl (C=O) groups excluding carboxylic acids is 1. The Balaban J connectivity index is 0.00000169. The molecule has 1 aliphatic rings. The summed E-state index contributed by atoms with van der Waals surface area (Å²) in [6.45, 7) is 2.81. The standard InChI is InChI=1S/C17H22N4O2S.2ClH/c18-7-3-11-23-13-5-9-21(10-6-13)17(22)15-12-20-16(24-15)14-4-1-2-8-19-14;;/h1-2,4,8,12-13H,3,5-7,9-11,18H2;2*1H. The molecule has 26 heavy (non-hydrogen) atoms. The fourth-order valence-electron chi connectivity index (χ4n) is 2.70. The lowest BCUT2D eigenvalue weighted by molar-refractivity contribution is 0.00857. The molecular formula is C17H24Cl2N4O2S. The summed E-state index contributed by atoms with van der Waals surface area (Å²) in [6, 6.07) is 5.68. The summed E-state index contributed by atoms with van der Waals surface area (Å²) in [5.74, 6) is 0.0510. The number of ether oxygens (including phenoxy) is 1. The SMILES string of the molecule is Cl.Cl.NCCCOC1CCN(C(=O)c2cnc(-c3ccccn3)s2)CC1. The number of likely N-dealkylation sites (tertiary alicyclic amines) is 1. The van der Waals surface area contributed by atoms with E-state index in [1.54, 1.807) is 12.4 Å². The molecule has 0 unspecified atom stereocenters. The van der Waals surface area contributed by atoms with Crippen LogP contribution >= 0.6 is 36.2 Å². The number of aromatic nitrogens is 2. The molecule has 0 spiro atoms. The molecule has 2 aromatic heterocycles. The second-order valence-corrected chi connectivity index (χ2v) is 6.78. The minimum atomic E-state index is 0. The number of carbonyl (C=O) groups is 1. The van der Waals surface area contributed by atoms with Crippen LogP contribution in [-0.4, -0.2) is 53.1 Å². The van der Waals surface area contributed by atoms with E-state index in [-0.39, 0.29) is 36.8 Å². The number of hydrogen-bond acceptors (Lipinski definition) is 6. The summed E-state index contributed by atoms with van der Waals surface area (Å²) in [6.07, 6.45) is 6.26. The average Bonchev–Trinajstić information content (AvgIpc) is 3.13. The molecule has 0 radical (unpaired) electrons. The van der Waals surface area contributed by atoms with Crippen LogP contribution in [0, 0.1) is 0 Å². The van der Waals surface area contributed by atoms with Gasteiger partial charge in [0.15, 0.2) is 0 Å². The van der Waals surface area contributed by atoms with Crippen LogP contribution in [0.3, 0.4) is 0 Å². The zero-order valence-electron chi connectivity index (χ0n) is 14.4. The predicted octanol–water partition coefficient (Wildman–Crippen LogP) is 3.02. The lowest BCUT2D eigenvalue weighted by atomic mass is 10.1. The second-order valence-electron chi connectivity index (χ2n) is 5.75. The van der Waals surface area contributed by atoms with Gasteiger partial charge in [0.25, 0.3) is 5.91 Å². The maximum absolute atomic E-state index is 12.6. The van der Waals surface area contributed by atoms with Gasteiger partial charge >= 0.3 is 0 Å². The van der Waals surface area contributed by atoms with Crippen molar-refractivity contribution in [3.8, 4) is 10.7 Å². The van der Waals surface area contributed by atoms with E-state index in [1.807, 2.05) is 23.1 Å². The van der Waals surface area contributed by atoms with E-state index in [4.69, 9.17) is 10.5 Å². The minimum Gasteiger partial charge on any atom is -0.378 e. The molecule has 6 nitrogen and oxygen atoms in total. The molecule has 2 N–H and O–H groups in total. The highest BCUT2D eigenvalue weighted by Gasteiger charge is 2.25. The normalized spacial score (nSPS) is 14.4. The summed E-state index contributed by atoms with van der Waals surface area (Å²) in [4.78, 5) is 23.8. The summed E-state index contributed by atoms with van der Waals surface area (Å²) in [5, 5.41) is 0.777. The Hall–Kier alpha value is -1.25. The average molecular weight is 419 g/mol. The van der Waals surface area contributed by atoms with E-state index < -0.39 is 0 Å². The maximum Gasteiger partial charge on any atom is 0.265 e. The van der Waals surface area contributed by atoms with Crippen LogP contribution in [0.1, 0.15) is 28.9 Å². The Morgan fingerprint density at radius 2 is 2.04 bits per heavy atom. The number of amides is 1. The highest BCUT2D eigenvalue weighted by atomic mass is 35.5. The van der Waals surface area contributed by atoms with Gasteiger partial charge in [0, 0.05) is 25.9 Å². The van der Waals surface area contributed by atoms with Crippen LogP contribution in [0.4, 0.5) is 0 Å². The van der Waals surface area contributed by atoms with Crippen LogP contribution in [0.5, 0.6) is 0 Å². The van der Waals surface area contributed by atoms with Crippen LogP contribution in [0.25, 0.3) is 10.7 Å². The maximum atomic E-state index is 12.6. The molecule has 0 bridgehead atoms. The van der Waals surface area contributed by atoms with Gasteiger partial charge in [-0.1, -0.05) is 6.07 Å². The largest absolute Gasteiger partial charge is 0.378 e. The number of rotatable bonds is 6. The third-order valence-corrected chi connectivity index (χ3v) is 5.04. The van der Waals surface area contributed by atoms with Crippen LogP contribution in [0.15, 0.2) is 30.6 Å². The van der Waals surface area contributed by atoms with Gasteiger partial charge in [-0.15, -0.1) is 36.2 Å². The fraction of sp³-hybridized carbons (Fsp3) is 0.471. The van der Waals surface area contributed by atoms with Crippen molar-refractivity contribution >= 4 is 42.1 Å². The molecule has 1 saturated heterocycles. The molecule has 0 aromatic carbocycles. The second kappa shape index (κ2) is 11.5. The van der Waals surface area contributed by atoms with E-state index in [0.29, 0.717) is 18.0 Å². The monoisotopic (exact) mass is 418 g/mol. The smallest absolute Gasteiger partial charge is 0.265 e. The molecule has 3 rings (SSSR count). The quantitative estimate of drug-likeness (QED) is 0.728. The fourth-order valence-corrected chi connectivity index (χ4v) is 3.56. The van der Waals surface area contributed by atoms with Gasteiger partial charge in [-0.3, -0.25) is 9.78 Å². The van der Waals surface area contributed by atoms with E-state index in [2.05, 4.69) is 9.97 Å². The molecule has 9 heteroatoms. The first kappa shape index (κ1) is 22.8. The molecule has 1 fully saturated rings. The van der Waals surface area contributed by atoms with Crippen molar-refractivity contribution in [1.29, 1.82) is 0 Å². The zero-order valence-corrected chi connectivity index (χ0v) is 16.8. The van der Waals surface area contributed by atoms with Gasteiger partial charge in [0.1, 0.15) is 9.88 Å². The van der Waals surface area contributed by atoms with Crippen molar-refractivity contribution in [2.45, 2.75) is 25.4 Å². The first-order valence-electron chi connectivity index (χ1n) is 8.26. The Kier molecular flexibility index (Phi) is 10.0. The molecule has 3 heterocycles. The predicted molar refractivity (Wildman–Crippen MR) is 108 cm³/mol.